The maximum atomic E-state index is 13.3. The molecule has 0 radical (unpaired) electrons. The Kier molecular flexibility index (Phi) is 4.25. The van der Waals surface area contributed by atoms with Crippen LogP contribution < -0.4 is 5.32 Å². The smallest absolute Gasteiger partial charge is 0.221 e. The molecule has 0 saturated carbocycles. The third kappa shape index (κ3) is 3.51. The second-order valence-corrected chi connectivity index (χ2v) is 4.46. The molecule has 2 aromatic rings. The first-order valence-electron chi connectivity index (χ1n) is 6.20. The van der Waals surface area contributed by atoms with Crippen LogP contribution in [0.4, 0.5) is 10.1 Å². The van der Waals surface area contributed by atoms with E-state index in [0.29, 0.717) is 5.69 Å². The van der Waals surface area contributed by atoms with Gasteiger partial charge >= 0.3 is 0 Å². The minimum Gasteiger partial charge on any atom is -0.326 e. The summed E-state index contributed by atoms with van der Waals surface area (Å²) in [5, 5.41) is 2.54. The summed E-state index contributed by atoms with van der Waals surface area (Å²) in [5.41, 5.74) is 1.36. The van der Waals surface area contributed by atoms with Crippen molar-refractivity contribution in [2.24, 2.45) is 0 Å². The number of halogens is 1. The van der Waals surface area contributed by atoms with Crippen molar-refractivity contribution in [3.63, 3.8) is 0 Å². The summed E-state index contributed by atoms with van der Waals surface area (Å²) in [6, 6.07) is 12.9. The largest absolute Gasteiger partial charge is 0.326 e. The highest BCUT2D eigenvalue weighted by molar-refractivity contribution is 6.05. The Balaban J connectivity index is 2.28. The van der Waals surface area contributed by atoms with Crippen molar-refractivity contribution < 1.29 is 14.0 Å². The Bertz CT molecular complexity index is 638. The number of rotatable bonds is 4. The molecule has 20 heavy (non-hydrogen) atoms. The number of Topliss-reactive ketones (excluding diaryl/α,β-unsaturated/α-hetero) is 1. The van der Waals surface area contributed by atoms with Gasteiger partial charge in [-0.15, -0.1) is 0 Å². The lowest BCUT2D eigenvalue weighted by molar-refractivity contribution is -0.114. The summed E-state index contributed by atoms with van der Waals surface area (Å²) in [5.74, 6) is -1.04. The summed E-state index contributed by atoms with van der Waals surface area (Å²) in [4.78, 5) is 23.4. The Morgan fingerprint density at radius 1 is 1.10 bits per heavy atom. The van der Waals surface area contributed by atoms with Crippen LogP contribution in [0.2, 0.25) is 0 Å². The van der Waals surface area contributed by atoms with E-state index in [4.69, 9.17) is 0 Å². The number of anilines is 1. The van der Waals surface area contributed by atoms with E-state index in [1.807, 2.05) is 30.3 Å². The summed E-state index contributed by atoms with van der Waals surface area (Å²) >= 11 is 0. The molecule has 2 rings (SSSR count). The van der Waals surface area contributed by atoms with Crippen molar-refractivity contribution in [1.29, 1.82) is 0 Å². The first-order chi connectivity index (χ1) is 9.56. The summed E-state index contributed by atoms with van der Waals surface area (Å²) in [6.07, 6.45) is 0.164. The molecule has 0 aliphatic heterocycles. The number of hydrogen-bond acceptors (Lipinski definition) is 2. The molecule has 1 N–H and O–H groups in total. The Labute approximate surface area is 116 Å². The lowest BCUT2D eigenvalue weighted by atomic mass is 10.0. The molecule has 2 aromatic carbocycles. The maximum Gasteiger partial charge on any atom is 0.221 e. The minimum atomic E-state index is -0.504. The Morgan fingerprint density at radius 3 is 2.45 bits per heavy atom. The molecular weight excluding hydrogens is 257 g/mol. The molecule has 0 saturated heterocycles. The van der Waals surface area contributed by atoms with E-state index in [1.165, 1.54) is 19.1 Å². The fraction of sp³-hybridized carbons (Fsp3) is 0.125. The average Bonchev–Trinajstić information content (AvgIpc) is 2.41. The van der Waals surface area contributed by atoms with Gasteiger partial charge < -0.3 is 5.32 Å². The average molecular weight is 271 g/mol. The molecule has 0 aromatic heterocycles. The predicted octanol–water partition coefficient (Wildman–Crippen LogP) is 3.21. The number of ketones is 1. The maximum absolute atomic E-state index is 13.3. The van der Waals surface area contributed by atoms with Crippen LogP contribution in [0.5, 0.6) is 0 Å². The minimum absolute atomic E-state index is 0.164. The van der Waals surface area contributed by atoms with Gasteiger partial charge in [0.1, 0.15) is 5.82 Å². The number of benzene rings is 2. The van der Waals surface area contributed by atoms with Crippen molar-refractivity contribution in [1.82, 2.24) is 0 Å². The van der Waals surface area contributed by atoms with Gasteiger partial charge in [0.15, 0.2) is 5.78 Å². The zero-order chi connectivity index (χ0) is 14.5. The molecule has 0 spiro atoms. The molecule has 0 bridgehead atoms. The summed E-state index contributed by atoms with van der Waals surface area (Å²) < 4.78 is 13.3. The second-order valence-electron chi connectivity index (χ2n) is 4.46. The first-order valence-corrected chi connectivity index (χ1v) is 6.20. The molecule has 0 fully saturated rings. The van der Waals surface area contributed by atoms with Crippen LogP contribution in [0.15, 0.2) is 48.5 Å². The fourth-order valence-corrected chi connectivity index (χ4v) is 1.92. The first kappa shape index (κ1) is 13.9. The standard InChI is InChI=1S/C16H14FNO2/c1-11(19)18-15-8-7-13(17)10-14(15)16(20)9-12-5-3-2-4-6-12/h2-8,10H,9H2,1H3,(H,18,19). The van der Waals surface area contributed by atoms with Crippen LogP contribution in [0, 0.1) is 5.82 Å². The summed E-state index contributed by atoms with van der Waals surface area (Å²) in [7, 11) is 0. The molecular formula is C16H14FNO2. The zero-order valence-corrected chi connectivity index (χ0v) is 11.0. The number of carbonyl (C=O) groups excluding carboxylic acids is 2. The van der Waals surface area contributed by atoms with Crippen molar-refractivity contribution >= 4 is 17.4 Å². The number of carbonyl (C=O) groups is 2. The molecule has 1 amide bonds. The highest BCUT2D eigenvalue weighted by Gasteiger charge is 2.14. The van der Waals surface area contributed by atoms with E-state index in [2.05, 4.69) is 5.32 Å². The number of nitrogens with one attached hydrogen (secondary N) is 1. The van der Waals surface area contributed by atoms with Crippen LogP contribution in [-0.4, -0.2) is 11.7 Å². The van der Waals surface area contributed by atoms with Gasteiger partial charge in [-0.05, 0) is 23.8 Å². The van der Waals surface area contributed by atoms with Crippen molar-refractivity contribution in [3.05, 3.63) is 65.5 Å². The molecule has 0 unspecified atom stereocenters. The Morgan fingerprint density at radius 2 is 1.80 bits per heavy atom. The monoisotopic (exact) mass is 271 g/mol. The van der Waals surface area contributed by atoms with Gasteiger partial charge in [-0.1, -0.05) is 30.3 Å². The highest BCUT2D eigenvalue weighted by atomic mass is 19.1. The van der Waals surface area contributed by atoms with Crippen molar-refractivity contribution in [2.45, 2.75) is 13.3 Å². The highest BCUT2D eigenvalue weighted by Crippen LogP contribution is 2.19. The van der Waals surface area contributed by atoms with E-state index in [-0.39, 0.29) is 23.7 Å². The van der Waals surface area contributed by atoms with E-state index in [0.717, 1.165) is 11.6 Å². The van der Waals surface area contributed by atoms with Crippen molar-refractivity contribution in [3.8, 4) is 0 Å². The lowest BCUT2D eigenvalue weighted by Crippen LogP contribution is -2.12. The molecule has 102 valence electrons. The van der Waals surface area contributed by atoms with Gasteiger partial charge in [-0.2, -0.15) is 0 Å². The summed E-state index contributed by atoms with van der Waals surface area (Å²) in [6.45, 7) is 1.34. The molecule has 3 nitrogen and oxygen atoms in total. The van der Waals surface area contributed by atoms with Gasteiger partial charge in [-0.25, -0.2) is 4.39 Å². The van der Waals surface area contributed by atoms with E-state index < -0.39 is 5.82 Å². The van der Waals surface area contributed by atoms with Gasteiger partial charge in [0.05, 0.1) is 5.69 Å². The molecule has 0 atom stereocenters. The topological polar surface area (TPSA) is 46.2 Å². The van der Waals surface area contributed by atoms with Gasteiger partial charge in [0.25, 0.3) is 0 Å². The van der Waals surface area contributed by atoms with E-state index in [1.54, 1.807) is 0 Å². The molecule has 4 heteroatoms. The van der Waals surface area contributed by atoms with Gasteiger partial charge in [0, 0.05) is 18.9 Å². The number of hydrogen-bond donors (Lipinski definition) is 1. The molecule has 0 aliphatic rings. The van der Waals surface area contributed by atoms with Gasteiger partial charge in [0.2, 0.25) is 5.91 Å². The normalized spacial score (nSPS) is 10.1. The van der Waals surface area contributed by atoms with E-state index >= 15 is 0 Å². The number of amides is 1. The quantitative estimate of drug-likeness (QED) is 0.868. The van der Waals surface area contributed by atoms with Crippen LogP contribution in [0.3, 0.4) is 0 Å². The third-order valence-corrected chi connectivity index (χ3v) is 2.80. The van der Waals surface area contributed by atoms with Crippen LogP contribution in [0.1, 0.15) is 22.8 Å². The van der Waals surface area contributed by atoms with Crippen LogP contribution in [-0.2, 0) is 11.2 Å². The van der Waals surface area contributed by atoms with Crippen molar-refractivity contribution in [2.75, 3.05) is 5.32 Å². The Hall–Kier alpha value is -2.49. The van der Waals surface area contributed by atoms with Crippen LogP contribution >= 0.6 is 0 Å². The second kappa shape index (κ2) is 6.10. The fourth-order valence-electron chi connectivity index (χ4n) is 1.92. The van der Waals surface area contributed by atoms with Gasteiger partial charge in [-0.3, -0.25) is 9.59 Å². The third-order valence-electron chi connectivity index (χ3n) is 2.80. The molecule has 0 aliphatic carbocycles. The molecule has 0 heterocycles. The predicted molar refractivity (Wildman–Crippen MR) is 75.2 cm³/mol. The SMILES string of the molecule is CC(=O)Nc1ccc(F)cc1C(=O)Cc1ccccc1. The lowest BCUT2D eigenvalue weighted by Gasteiger charge is -2.09. The van der Waals surface area contributed by atoms with E-state index in [9.17, 15) is 14.0 Å². The van der Waals surface area contributed by atoms with Crippen LogP contribution in [0.25, 0.3) is 0 Å². The zero-order valence-electron chi connectivity index (χ0n) is 11.0.